The SMILES string of the molecule is CC(=O)Nc1ccn([C@@H]2OC(CO[Si](c3ccccc3)(c3ccccc3)C(C)(C)C)=C[C@H]2O)c(=O)n1. The highest BCUT2D eigenvalue weighted by Gasteiger charge is 2.50. The lowest BCUT2D eigenvalue weighted by Gasteiger charge is -2.43. The van der Waals surface area contributed by atoms with Crippen molar-refractivity contribution in [1.29, 1.82) is 0 Å². The second kappa shape index (κ2) is 10.2. The van der Waals surface area contributed by atoms with Gasteiger partial charge in [0.15, 0.2) is 0 Å². The van der Waals surface area contributed by atoms with Gasteiger partial charge in [0.25, 0.3) is 8.32 Å². The molecule has 2 atom stereocenters. The highest BCUT2D eigenvalue weighted by molar-refractivity contribution is 6.99. The highest BCUT2D eigenvalue weighted by atomic mass is 28.4. The first-order valence-corrected chi connectivity index (χ1v) is 13.7. The van der Waals surface area contributed by atoms with Crippen molar-refractivity contribution in [3.8, 4) is 0 Å². The van der Waals surface area contributed by atoms with Crippen molar-refractivity contribution in [2.45, 2.75) is 45.1 Å². The van der Waals surface area contributed by atoms with E-state index in [1.807, 2.05) is 36.4 Å². The quantitative estimate of drug-likeness (QED) is 0.479. The molecular formula is C27H31N3O5Si. The fourth-order valence-electron chi connectivity index (χ4n) is 4.64. The van der Waals surface area contributed by atoms with Crippen LogP contribution in [0.5, 0.6) is 0 Å². The van der Waals surface area contributed by atoms with Crippen molar-refractivity contribution in [1.82, 2.24) is 9.55 Å². The number of hydrogen-bond donors (Lipinski definition) is 2. The van der Waals surface area contributed by atoms with Crippen LogP contribution in [0.15, 0.2) is 89.6 Å². The summed E-state index contributed by atoms with van der Waals surface area (Å²) in [7, 11) is -2.80. The van der Waals surface area contributed by atoms with Gasteiger partial charge in [-0.3, -0.25) is 9.36 Å². The van der Waals surface area contributed by atoms with Crippen LogP contribution >= 0.6 is 0 Å². The summed E-state index contributed by atoms with van der Waals surface area (Å²) in [6.45, 7) is 8.01. The van der Waals surface area contributed by atoms with Crippen LogP contribution in [0.2, 0.25) is 5.04 Å². The van der Waals surface area contributed by atoms with Crippen LogP contribution in [0.3, 0.4) is 0 Å². The monoisotopic (exact) mass is 505 g/mol. The van der Waals surface area contributed by atoms with E-state index in [9.17, 15) is 14.7 Å². The summed E-state index contributed by atoms with van der Waals surface area (Å²) >= 11 is 0. The number of rotatable bonds is 7. The molecule has 0 saturated carbocycles. The van der Waals surface area contributed by atoms with Gasteiger partial charge in [-0.2, -0.15) is 4.98 Å². The molecule has 2 heterocycles. The van der Waals surface area contributed by atoms with Crippen LogP contribution < -0.4 is 21.4 Å². The van der Waals surface area contributed by atoms with Crippen LogP contribution in [0.1, 0.15) is 33.9 Å². The third-order valence-electron chi connectivity index (χ3n) is 6.18. The number of aliphatic hydroxyl groups is 1. The molecule has 1 aromatic heterocycles. The Morgan fingerprint density at radius 2 is 1.67 bits per heavy atom. The number of nitrogens with zero attached hydrogens (tertiary/aromatic N) is 2. The van der Waals surface area contributed by atoms with Crippen LogP contribution in [-0.2, 0) is 14.0 Å². The average Bonchev–Trinajstić information content (AvgIpc) is 3.20. The number of aromatic nitrogens is 2. The number of anilines is 1. The lowest BCUT2D eigenvalue weighted by atomic mass is 10.2. The Hall–Kier alpha value is -3.53. The van der Waals surface area contributed by atoms with Gasteiger partial charge >= 0.3 is 5.69 Å². The minimum Gasteiger partial charge on any atom is -0.469 e. The molecule has 0 spiro atoms. The third kappa shape index (κ3) is 5.04. The maximum Gasteiger partial charge on any atom is 0.352 e. The van der Waals surface area contributed by atoms with E-state index in [-0.39, 0.29) is 23.4 Å². The summed E-state index contributed by atoms with van der Waals surface area (Å²) in [5.74, 6) is 0.249. The number of nitrogens with one attached hydrogen (secondary N) is 1. The Kier molecular flexibility index (Phi) is 7.25. The first-order valence-electron chi connectivity index (χ1n) is 11.8. The molecule has 188 valence electrons. The summed E-state index contributed by atoms with van der Waals surface area (Å²) in [6, 6.07) is 22.0. The van der Waals surface area contributed by atoms with Gasteiger partial charge in [-0.15, -0.1) is 0 Å². The molecule has 0 unspecified atom stereocenters. The number of amides is 1. The molecule has 0 aliphatic carbocycles. The van der Waals surface area contributed by atoms with Crippen molar-refractivity contribution in [2.24, 2.45) is 0 Å². The largest absolute Gasteiger partial charge is 0.469 e. The van der Waals surface area contributed by atoms with Crippen molar-refractivity contribution in [3.05, 3.63) is 95.2 Å². The molecule has 0 bridgehead atoms. The number of benzene rings is 2. The summed E-state index contributed by atoms with van der Waals surface area (Å²) in [4.78, 5) is 27.6. The molecule has 1 amide bonds. The molecule has 0 fully saturated rings. The maximum absolute atomic E-state index is 12.5. The first kappa shape index (κ1) is 25.6. The Bertz CT molecular complexity index is 1260. The Labute approximate surface area is 211 Å². The molecule has 3 aromatic rings. The summed E-state index contributed by atoms with van der Waals surface area (Å²) in [5, 5.41) is 15.2. The van der Waals surface area contributed by atoms with E-state index in [1.165, 1.54) is 23.8 Å². The summed E-state index contributed by atoms with van der Waals surface area (Å²) < 4.78 is 14.0. The summed E-state index contributed by atoms with van der Waals surface area (Å²) in [6.07, 6.45) is 0.966. The molecule has 0 radical (unpaired) electrons. The zero-order chi connectivity index (χ0) is 25.9. The lowest BCUT2D eigenvalue weighted by Crippen LogP contribution is -2.66. The van der Waals surface area contributed by atoms with E-state index in [0.717, 1.165) is 10.4 Å². The fraction of sp³-hybridized carbons (Fsp3) is 0.296. The van der Waals surface area contributed by atoms with E-state index >= 15 is 0 Å². The highest BCUT2D eigenvalue weighted by Crippen LogP contribution is 2.37. The van der Waals surface area contributed by atoms with Crippen LogP contribution in [0.25, 0.3) is 0 Å². The number of carbonyl (C=O) groups excluding carboxylic acids is 1. The van der Waals surface area contributed by atoms with Crippen LogP contribution in [0, 0.1) is 0 Å². The third-order valence-corrected chi connectivity index (χ3v) is 11.2. The molecule has 36 heavy (non-hydrogen) atoms. The topological polar surface area (TPSA) is 103 Å². The predicted octanol–water partition coefficient (Wildman–Crippen LogP) is 2.55. The second-order valence-electron chi connectivity index (χ2n) is 9.77. The number of ether oxygens (including phenoxy) is 1. The minimum atomic E-state index is -2.80. The van der Waals surface area contributed by atoms with Crippen molar-refractivity contribution in [3.63, 3.8) is 0 Å². The molecular weight excluding hydrogens is 474 g/mol. The standard InChI is InChI=1S/C27H31N3O5Si/c1-19(31)28-24-15-16-30(26(33)29-24)25-23(32)17-20(35-25)18-34-36(27(2,3)4,21-11-7-5-8-12-21)22-13-9-6-10-14-22/h5-17,23,25,32H,18H2,1-4H3,(H,28,29,31,33)/t23-,25-/m1/s1. The van der Waals surface area contributed by atoms with Gasteiger partial charge in [-0.25, -0.2) is 4.79 Å². The van der Waals surface area contributed by atoms with Gasteiger partial charge in [0.1, 0.15) is 17.7 Å². The van der Waals surface area contributed by atoms with Gasteiger partial charge in [0, 0.05) is 13.1 Å². The van der Waals surface area contributed by atoms with Crippen molar-refractivity contribution >= 4 is 30.4 Å². The molecule has 0 saturated heterocycles. The molecule has 1 aliphatic heterocycles. The van der Waals surface area contributed by atoms with Gasteiger partial charge in [-0.1, -0.05) is 81.4 Å². The molecule has 1 aliphatic rings. The first-order chi connectivity index (χ1) is 17.1. The second-order valence-corrected chi connectivity index (χ2v) is 14.1. The smallest absolute Gasteiger partial charge is 0.352 e. The van der Waals surface area contributed by atoms with Crippen LogP contribution in [-0.4, -0.2) is 41.6 Å². The maximum atomic E-state index is 12.5. The number of hydrogen-bond acceptors (Lipinski definition) is 6. The molecule has 4 rings (SSSR count). The average molecular weight is 506 g/mol. The fourth-order valence-corrected chi connectivity index (χ4v) is 9.15. The Morgan fingerprint density at radius 1 is 1.08 bits per heavy atom. The van der Waals surface area contributed by atoms with E-state index in [1.54, 1.807) is 6.08 Å². The number of aliphatic hydroxyl groups excluding tert-OH is 1. The van der Waals surface area contributed by atoms with Gasteiger partial charge in [0.2, 0.25) is 12.1 Å². The zero-order valence-corrected chi connectivity index (χ0v) is 21.8. The molecule has 8 nitrogen and oxygen atoms in total. The minimum absolute atomic E-state index is 0.132. The normalized spacial score (nSPS) is 17.9. The van der Waals surface area contributed by atoms with E-state index in [2.05, 4.69) is 55.3 Å². The van der Waals surface area contributed by atoms with Gasteiger partial charge < -0.3 is 19.6 Å². The Morgan fingerprint density at radius 3 is 2.17 bits per heavy atom. The molecule has 9 heteroatoms. The molecule has 2 N–H and O–H groups in total. The Balaban J connectivity index is 1.61. The van der Waals surface area contributed by atoms with E-state index in [4.69, 9.17) is 9.16 Å². The van der Waals surface area contributed by atoms with Crippen molar-refractivity contribution < 1.29 is 19.1 Å². The zero-order valence-electron chi connectivity index (χ0n) is 20.8. The van der Waals surface area contributed by atoms with Crippen molar-refractivity contribution in [2.75, 3.05) is 11.9 Å². The summed E-state index contributed by atoms with van der Waals surface area (Å²) in [5.41, 5.74) is -0.646. The van der Waals surface area contributed by atoms with E-state index in [0.29, 0.717) is 5.76 Å². The van der Waals surface area contributed by atoms with Gasteiger partial charge in [-0.05, 0) is 27.6 Å². The lowest BCUT2D eigenvalue weighted by molar-refractivity contribution is -0.114. The van der Waals surface area contributed by atoms with E-state index < -0.39 is 26.3 Å². The molecule has 2 aromatic carbocycles. The van der Waals surface area contributed by atoms with Gasteiger partial charge in [0.05, 0.1) is 6.61 Å². The predicted molar refractivity (Wildman–Crippen MR) is 141 cm³/mol. The van der Waals surface area contributed by atoms with Crippen LogP contribution in [0.4, 0.5) is 5.82 Å². The number of carbonyl (C=O) groups is 1.